The van der Waals surface area contributed by atoms with E-state index < -0.39 is 17.7 Å². The van der Waals surface area contributed by atoms with Crippen LogP contribution in [0.3, 0.4) is 0 Å². The van der Waals surface area contributed by atoms with Gasteiger partial charge in [0.1, 0.15) is 0 Å². The van der Waals surface area contributed by atoms with Crippen molar-refractivity contribution in [3.63, 3.8) is 0 Å². The van der Waals surface area contributed by atoms with Gasteiger partial charge >= 0.3 is 11.8 Å². The zero-order chi connectivity index (χ0) is 18.4. The Morgan fingerprint density at radius 2 is 1.76 bits per heavy atom. The van der Waals surface area contributed by atoms with Crippen LogP contribution in [-0.4, -0.2) is 36.2 Å². The lowest BCUT2D eigenvalue weighted by Crippen LogP contribution is -2.50. The molecule has 1 saturated heterocycles. The third-order valence-corrected chi connectivity index (χ3v) is 3.63. The third-order valence-electron chi connectivity index (χ3n) is 3.63. The molecule has 4 amide bonds. The quantitative estimate of drug-likeness (QED) is 0.528. The summed E-state index contributed by atoms with van der Waals surface area (Å²) in [6.45, 7) is 4.16. The van der Waals surface area contributed by atoms with Crippen LogP contribution >= 0.6 is 0 Å². The monoisotopic (exact) mass is 346 g/mol. The summed E-state index contributed by atoms with van der Waals surface area (Å²) in [6.07, 6.45) is 1.46. The summed E-state index contributed by atoms with van der Waals surface area (Å²) in [5.41, 5.74) is 5.81. The molecule has 1 heterocycles. The SMILES string of the molecule is CC(C)NC(=O)C(=O)NNC(=O)Cc1ccc(N2CCCC2=O)cc1. The van der Waals surface area contributed by atoms with Gasteiger partial charge in [-0.2, -0.15) is 0 Å². The van der Waals surface area contributed by atoms with Crippen molar-refractivity contribution in [2.45, 2.75) is 39.2 Å². The number of carbonyl (C=O) groups excluding carboxylic acids is 4. The lowest BCUT2D eigenvalue weighted by Gasteiger charge is -2.16. The smallest absolute Gasteiger partial charge is 0.327 e. The van der Waals surface area contributed by atoms with E-state index in [4.69, 9.17) is 0 Å². The van der Waals surface area contributed by atoms with Crippen molar-refractivity contribution in [1.29, 1.82) is 0 Å². The minimum absolute atomic E-state index is 0.0420. The Balaban J connectivity index is 1.81. The number of nitrogens with zero attached hydrogens (tertiary/aromatic N) is 1. The average Bonchev–Trinajstić information content (AvgIpc) is 2.98. The Morgan fingerprint density at radius 3 is 2.32 bits per heavy atom. The molecular formula is C17H22N4O4. The number of nitrogens with one attached hydrogen (secondary N) is 3. The van der Waals surface area contributed by atoms with Crippen molar-refractivity contribution < 1.29 is 19.2 Å². The summed E-state index contributed by atoms with van der Waals surface area (Å²) >= 11 is 0. The zero-order valence-corrected chi connectivity index (χ0v) is 14.3. The summed E-state index contributed by atoms with van der Waals surface area (Å²) < 4.78 is 0. The van der Waals surface area contributed by atoms with Gasteiger partial charge in [0.15, 0.2) is 0 Å². The number of anilines is 1. The fourth-order valence-corrected chi connectivity index (χ4v) is 2.46. The second-order valence-corrected chi connectivity index (χ2v) is 6.12. The zero-order valence-electron chi connectivity index (χ0n) is 14.3. The van der Waals surface area contributed by atoms with Crippen molar-refractivity contribution in [3.8, 4) is 0 Å². The lowest BCUT2D eigenvalue weighted by molar-refractivity contribution is -0.141. The van der Waals surface area contributed by atoms with Crippen molar-refractivity contribution in [1.82, 2.24) is 16.2 Å². The van der Waals surface area contributed by atoms with E-state index in [1.807, 2.05) is 0 Å². The van der Waals surface area contributed by atoms with E-state index in [1.54, 1.807) is 43.0 Å². The normalized spacial score (nSPS) is 13.7. The van der Waals surface area contributed by atoms with Gasteiger partial charge in [0.25, 0.3) is 0 Å². The third kappa shape index (κ3) is 5.30. The first-order valence-electron chi connectivity index (χ1n) is 8.16. The molecule has 1 aliphatic heterocycles. The summed E-state index contributed by atoms with van der Waals surface area (Å²) in [5, 5.41) is 2.42. The standard InChI is InChI=1S/C17H22N4O4/c1-11(2)18-16(24)17(25)20-19-14(22)10-12-5-7-13(8-6-12)21-9-3-4-15(21)23/h5-8,11H,3-4,9-10H2,1-2H3,(H,18,24)(H,19,22)(H,20,25). The van der Waals surface area contributed by atoms with Gasteiger partial charge in [0.2, 0.25) is 11.8 Å². The lowest BCUT2D eigenvalue weighted by atomic mass is 10.1. The van der Waals surface area contributed by atoms with Crippen molar-refractivity contribution in [2.24, 2.45) is 0 Å². The van der Waals surface area contributed by atoms with E-state index in [0.717, 1.165) is 17.7 Å². The number of rotatable bonds is 4. The molecule has 3 N–H and O–H groups in total. The topological polar surface area (TPSA) is 108 Å². The molecule has 1 fully saturated rings. The molecule has 8 nitrogen and oxygen atoms in total. The molecule has 0 aliphatic carbocycles. The van der Waals surface area contributed by atoms with Crippen molar-refractivity contribution in [2.75, 3.05) is 11.4 Å². The molecule has 0 saturated carbocycles. The Kier molecular flexibility index (Phi) is 6.10. The van der Waals surface area contributed by atoms with Crippen LogP contribution in [0.25, 0.3) is 0 Å². The van der Waals surface area contributed by atoms with Crippen LogP contribution in [0, 0.1) is 0 Å². The summed E-state index contributed by atoms with van der Waals surface area (Å²) in [5.74, 6) is -2.08. The highest BCUT2D eigenvalue weighted by Crippen LogP contribution is 2.21. The molecule has 25 heavy (non-hydrogen) atoms. The van der Waals surface area contributed by atoms with Gasteiger partial charge in [-0.25, -0.2) is 0 Å². The van der Waals surface area contributed by atoms with E-state index in [2.05, 4.69) is 16.2 Å². The van der Waals surface area contributed by atoms with Crippen LogP contribution in [0.2, 0.25) is 0 Å². The molecule has 8 heteroatoms. The summed E-state index contributed by atoms with van der Waals surface area (Å²) in [4.78, 5) is 48.1. The maximum atomic E-state index is 11.8. The van der Waals surface area contributed by atoms with E-state index in [0.29, 0.717) is 13.0 Å². The number of benzene rings is 1. The summed E-state index contributed by atoms with van der Waals surface area (Å²) in [7, 11) is 0. The highest BCUT2D eigenvalue weighted by molar-refractivity contribution is 6.35. The van der Waals surface area contributed by atoms with Crippen molar-refractivity contribution >= 4 is 29.3 Å². The van der Waals surface area contributed by atoms with Crippen molar-refractivity contribution in [3.05, 3.63) is 29.8 Å². The maximum Gasteiger partial charge on any atom is 0.327 e. The molecule has 0 radical (unpaired) electrons. The molecule has 1 aromatic rings. The number of carbonyl (C=O) groups is 4. The second kappa shape index (κ2) is 8.27. The first-order chi connectivity index (χ1) is 11.9. The Bertz CT molecular complexity index is 670. The predicted molar refractivity (Wildman–Crippen MR) is 91.3 cm³/mol. The van der Waals surface area contributed by atoms with Gasteiger partial charge in [0.05, 0.1) is 6.42 Å². The highest BCUT2D eigenvalue weighted by Gasteiger charge is 2.21. The van der Waals surface area contributed by atoms with E-state index in [-0.39, 0.29) is 18.4 Å². The van der Waals surface area contributed by atoms with E-state index >= 15 is 0 Å². The van der Waals surface area contributed by atoms with E-state index in [9.17, 15) is 19.2 Å². The average molecular weight is 346 g/mol. The number of hydrogen-bond acceptors (Lipinski definition) is 4. The second-order valence-electron chi connectivity index (χ2n) is 6.12. The van der Waals surface area contributed by atoms with Crippen LogP contribution in [0.15, 0.2) is 24.3 Å². The Labute approximate surface area is 145 Å². The van der Waals surface area contributed by atoms with Crippen LogP contribution in [0.4, 0.5) is 5.69 Å². The maximum absolute atomic E-state index is 11.8. The molecule has 0 aromatic heterocycles. The van der Waals surface area contributed by atoms with Gasteiger partial charge in [-0.3, -0.25) is 30.0 Å². The fourth-order valence-electron chi connectivity index (χ4n) is 2.46. The largest absolute Gasteiger partial charge is 0.346 e. The molecule has 0 atom stereocenters. The molecule has 1 aliphatic rings. The predicted octanol–water partition coefficient (Wildman–Crippen LogP) is 0.0279. The van der Waals surface area contributed by atoms with Gasteiger partial charge < -0.3 is 10.2 Å². The van der Waals surface area contributed by atoms with E-state index in [1.165, 1.54) is 0 Å². The van der Waals surface area contributed by atoms with Crippen LogP contribution in [0.5, 0.6) is 0 Å². The van der Waals surface area contributed by atoms with Crippen LogP contribution in [0.1, 0.15) is 32.3 Å². The molecule has 0 bridgehead atoms. The molecule has 134 valence electrons. The minimum Gasteiger partial charge on any atom is -0.346 e. The van der Waals surface area contributed by atoms with Crippen LogP contribution < -0.4 is 21.1 Å². The first kappa shape index (κ1) is 18.4. The Hall–Kier alpha value is -2.90. The van der Waals surface area contributed by atoms with Gasteiger partial charge in [-0.05, 0) is 38.0 Å². The van der Waals surface area contributed by atoms with Gasteiger partial charge in [0, 0.05) is 24.7 Å². The molecule has 1 aromatic carbocycles. The Morgan fingerprint density at radius 1 is 1.08 bits per heavy atom. The number of hydrazine groups is 1. The number of amides is 4. The van der Waals surface area contributed by atoms with Gasteiger partial charge in [-0.1, -0.05) is 12.1 Å². The summed E-state index contributed by atoms with van der Waals surface area (Å²) in [6, 6.07) is 6.93. The fraction of sp³-hybridized carbons (Fsp3) is 0.412. The van der Waals surface area contributed by atoms with Crippen LogP contribution in [-0.2, 0) is 25.6 Å². The minimum atomic E-state index is -0.926. The first-order valence-corrected chi connectivity index (χ1v) is 8.16. The molecule has 0 spiro atoms. The highest BCUT2D eigenvalue weighted by atomic mass is 16.2. The van der Waals surface area contributed by atoms with Gasteiger partial charge in [-0.15, -0.1) is 0 Å². The number of hydrogen-bond donors (Lipinski definition) is 3. The molecule has 0 unspecified atom stereocenters. The molecule has 2 rings (SSSR count). The molecular weight excluding hydrogens is 324 g/mol.